The molecule has 1 heterocycles. The minimum absolute atomic E-state index is 0.218. The second kappa shape index (κ2) is 9.67. The van der Waals surface area contributed by atoms with E-state index in [1.807, 2.05) is 5.38 Å². The average Bonchev–Trinajstić information content (AvgIpc) is 3.18. The molecular weight excluding hydrogens is 442 g/mol. The monoisotopic (exact) mass is 467 g/mol. The molecule has 0 fully saturated rings. The van der Waals surface area contributed by atoms with Crippen molar-refractivity contribution in [2.45, 2.75) is 39.0 Å². The minimum Gasteiger partial charge on any atom is -0.506 e. The summed E-state index contributed by atoms with van der Waals surface area (Å²) in [6.45, 7) is 1.80. The number of carboxylic acids is 1. The molecule has 2 aliphatic rings. The topological polar surface area (TPSA) is 94.0 Å². The first kappa shape index (κ1) is 22.2. The Morgan fingerprint density at radius 2 is 2.03 bits per heavy atom. The maximum absolute atomic E-state index is 11.2. The normalized spacial score (nSPS) is 18.0. The first-order valence-corrected chi connectivity index (χ1v) is 11.9. The molecule has 1 unspecified atom stereocenters. The van der Waals surface area contributed by atoms with Gasteiger partial charge in [0.05, 0.1) is 22.1 Å². The number of rotatable bonds is 5. The van der Waals surface area contributed by atoms with Crippen molar-refractivity contribution in [3.63, 3.8) is 0 Å². The van der Waals surface area contributed by atoms with Crippen molar-refractivity contribution >= 4 is 40.3 Å². The second-order valence-electron chi connectivity index (χ2n) is 7.99. The molecule has 2 aliphatic carbocycles. The maximum atomic E-state index is 11.2. The summed E-state index contributed by atoms with van der Waals surface area (Å²) >= 11 is 6.76. The van der Waals surface area contributed by atoms with Crippen LogP contribution >= 0.6 is 23.6 Å². The molecule has 0 spiro atoms. The lowest BCUT2D eigenvalue weighted by Gasteiger charge is -2.16. The zero-order valence-corrected chi connectivity index (χ0v) is 19.4. The Morgan fingerprint density at radius 1 is 1.25 bits per heavy atom. The van der Waals surface area contributed by atoms with E-state index in [4.69, 9.17) is 17.3 Å². The maximum Gasteiger partial charge on any atom is 0.310 e. The summed E-state index contributed by atoms with van der Waals surface area (Å²) in [4.78, 5) is 12.0. The molecule has 0 radical (unpaired) electrons. The molecular formula is C24H25N3O3S2. The Morgan fingerprint density at radius 3 is 2.81 bits per heavy atom. The van der Waals surface area contributed by atoms with E-state index in [1.54, 1.807) is 25.2 Å². The van der Waals surface area contributed by atoms with Crippen molar-refractivity contribution in [2.75, 3.05) is 0 Å². The van der Waals surface area contributed by atoms with E-state index in [0.29, 0.717) is 23.4 Å². The Hall–Kier alpha value is -2.97. The minimum atomic E-state index is -0.871. The van der Waals surface area contributed by atoms with Crippen molar-refractivity contribution in [2.24, 2.45) is 11.0 Å². The summed E-state index contributed by atoms with van der Waals surface area (Å²) in [6, 6.07) is 6.46. The van der Waals surface area contributed by atoms with Crippen LogP contribution < -0.4 is 10.7 Å². The summed E-state index contributed by atoms with van der Waals surface area (Å²) in [5.41, 5.74) is 8.46. The number of hydrogen-bond donors (Lipinski definition) is 4. The standard InChI is InChI=1S/C24H25N3O3S2/c1-14(26-27-24(31)25-19-8-4-7-18(12-19)23(29)30)20-13-32-22(21(20)28)17-10-9-15-5-2-3-6-16(15)11-17/h4,8-13,18,28H,2-3,5-7H2,1H3,(H,29,30)(H2,25,27,31)/b26-14+. The fraction of sp³-hybridized carbons (Fsp3) is 0.292. The van der Waals surface area contributed by atoms with Crippen LogP contribution in [0.15, 0.2) is 52.6 Å². The Bertz CT molecular complexity index is 1150. The highest BCUT2D eigenvalue weighted by Gasteiger charge is 2.18. The Balaban J connectivity index is 1.44. The third kappa shape index (κ3) is 4.92. The van der Waals surface area contributed by atoms with Gasteiger partial charge in [-0.2, -0.15) is 5.10 Å². The number of thiocarbonyl (C=S) groups is 1. The van der Waals surface area contributed by atoms with Crippen molar-refractivity contribution in [3.8, 4) is 16.2 Å². The van der Waals surface area contributed by atoms with Crippen LogP contribution in [0.5, 0.6) is 5.75 Å². The van der Waals surface area contributed by atoms with E-state index in [-0.39, 0.29) is 10.9 Å². The summed E-state index contributed by atoms with van der Waals surface area (Å²) in [5, 5.41) is 29.4. The van der Waals surface area contributed by atoms with Crippen LogP contribution in [0.2, 0.25) is 0 Å². The number of hydrogen-bond acceptors (Lipinski definition) is 5. The van der Waals surface area contributed by atoms with E-state index < -0.39 is 11.9 Å². The van der Waals surface area contributed by atoms with Crippen LogP contribution in [-0.4, -0.2) is 27.0 Å². The quantitative estimate of drug-likeness (QED) is 0.289. The first-order valence-electron chi connectivity index (χ1n) is 10.6. The number of allylic oxidation sites excluding steroid dienone is 2. The SMILES string of the molecule is C/C(=N\NC(=S)NC1=CC(C(=O)O)CC=C1)c1csc(-c2ccc3c(c2)CCCC3)c1O. The average molecular weight is 468 g/mol. The molecule has 166 valence electrons. The fourth-order valence-corrected chi connectivity index (χ4v) is 5.15. The van der Waals surface area contributed by atoms with Gasteiger partial charge in [0.1, 0.15) is 5.75 Å². The second-order valence-corrected chi connectivity index (χ2v) is 9.27. The number of nitrogens with zero attached hydrogens (tertiary/aromatic N) is 1. The number of aromatic hydroxyl groups is 1. The molecule has 1 aromatic heterocycles. The summed E-state index contributed by atoms with van der Waals surface area (Å²) in [6.07, 6.45) is 10.4. The number of nitrogens with one attached hydrogen (secondary N) is 2. The van der Waals surface area contributed by atoms with Crippen LogP contribution in [0, 0.1) is 5.92 Å². The third-order valence-corrected chi connectivity index (χ3v) is 6.95. The number of carbonyl (C=O) groups is 1. The zero-order valence-electron chi connectivity index (χ0n) is 17.7. The number of fused-ring (bicyclic) bond motifs is 1. The van der Waals surface area contributed by atoms with Gasteiger partial charge in [-0.05, 0) is 86.2 Å². The van der Waals surface area contributed by atoms with Gasteiger partial charge in [0, 0.05) is 11.1 Å². The number of aliphatic carboxylic acids is 1. The highest BCUT2D eigenvalue weighted by molar-refractivity contribution is 7.80. The number of thiophene rings is 1. The molecule has 4 rings (SSSR count). The number of aryl methyl sites for hydroxylation is 2. The predicted octanol–water partition coefficient (Wildman–Crippen LogP) is 4.73. The van der Waals surface area contributed by atoms with E-state index >= 15 is 0 Å². The lowest BCUT2D eigenvalue weighted by atomic mass is 9.90. The van der Waals surface area contributed by atoms with Gasteiger partial charge in [-0.1, -0.05) is 18.2 Å². The van der Waals surface area contributed by atoms with Crippen LogP contribution in [0.1, 0.15) is 42.9 Å². The molecule has 0 saturated heterocycles. The highest BCUT2D eigenvalue weighted by Crippen LogP contribution is 2.40. The molecule has 8 heteroatoms. The molecule has 1 aromatic carbocycles. The summed E-state index contributed by atoms with van der Waals surface area (Å²) in [7, 11) is 0. The molecule has 0 bridgehead atoms. The number of benzene rings is 1. The van der Waals surface area contributed by atoms with Gasteiger partial charge in [-0.15, -0.1) is 11.3 Å². The molecule has 4 N–H and O–H groups in total. The molecule has 0 aliphatic heterocycles. The Kier molecular flexibility index (Phi) is 6.72. The van der Waals surface area contributed by atoms with E-state index in [2.05, 4.69) is 34.0 Å². The van der Waals surface area contributed by atoms with Crippen LogP contribution in [0.4, 0.5) is 0 Å². The van der Waals surface area contributed by atoms with Gasteiger partial charge in [0.15, 0.2) is 5.11 Å². The molecule has 6 nitrogen and oxygen atoms in total. The summed E-state index contributed by atoms with van der Waals surface area (Å²) < 4.78 is 0. The molecule has 1 atom stereocenters. The predicted molar refractivity (Wildman–Crippen MR) is 132 cm³/mol. The molecule has 2 aromatic rings. The van der Waals surface area contributed by atoms with E-state index in [0.717, 1.165) is 23.3 Å². The molecule has 32 heavy (non-hydrogen) atoms. The lowest BCUT2D eigenvalue weighted by Crippen LogP contribution is -2.32. The van der Waals surface area contributed by atoms with Crippen molar-refractivity contribution in [1.29, 1.82) is 0 Å². The van der Waals surface area contributed by atoms with Crippen molar-refractivity contribution in [3.05, 3.63) is 64.2 Å². The summed E-state index contributed by atoms with van der Waals surface area (Å²) in [5.74, 6) is -1.22. The van der Waals surface area contributed by atoms with Crippen LogP contribution in [0.3, 0.4) is 0 Å². The van der Waals surface area contributed by atoms with Crippen molar-refractivity contribution in [1.82, 2.24) is 10.7 Å². The van der Waals surface area contributed by atoms with Crippen LogP contribution in [-0.2, 0) is 17.6 Å². The van der Waals surface area contributed by atoms with E-state index in [9.17, 15) is 9.90 Å². The zero-order chi connectivity index (χ0) is 22.7. The number of carboxylic acid groups (broad SMARTS) is 1. The van der Waals surface area contributed by atoms with Gasteiger partial charge < -0.3 is 15.5 Å². The van der Waals surface area contributed by atoms with E-state index in [1.165, 1.54) is 35.3 Å². The smallest absolute Gasteiger partial charge is 0.310 e. The third-order valence-electron chi connectivity index (χ3n) is 5.73. The van der Waals surface area contributed by atoms with Crippen LogP contribution in [0.25, 0.3) is 10.4 Å². The van der Waals surface area contributed by atoms with Gasteiger partial charge in [-0.3, -0.25) is 10.2 Å². The van der Waals surface area contributed by atoms with Gasteiger partial charge in [-0.25, -0.2) is 0 Å². The fourth-order valence-electron chi connectivity index (χ4n) is 3.98. The largest absolute Gasteiger partial charge is 0.506 e. The molecule has 0 amide bonds. The highest BCUT2D eigenvalue weighted by atomic mass is 32.1. The first-order chi connectivity index (χ1) is 15.4. The number of hydrazone groups is 1. The van der Waals surface area contributed by atoms with Gasteiger partial charge in [0.2, 0.25) is 0 Å². The lowest BCUT2D eigenvalue weighted by molar-refractivity contribution is -0.140. The van der Waals surface area contributed by atoms with Crippen molar-refractivity contribution < 1.29 is 15.0 Å². The van der Waals surface area contributed by atoms with Gasteiger partial charge in [0.25, 0.3) is 0 Å². The Labute approximate surface area is 196 Å². The molecule has 0 saturated carbocycles. The van der Waals surface area contributed by atoms with Gasteiger partial charge >= 0.3 is 5.97 Å².